The number of carbonyl (C=O) groups excluding carboxylic acids is 1. The zero-order valence-electron chi connectivity index (χ0n) is 15.6. The summed E-state index contributed by atoms with van der Waals surface area (Å²) in [7, 11) is 0. The zero-order valence-corrected chi connectivity index (χ0v) is 18.0. The first kappa shape index (κ1) is 18.7. The van der Waals surface area contributed by atoms with Crippen LogP contribution in [0.15, 0.2) is 76.8 Å². The molecule has 1 N–H and O–H groups in total. The molecule has 0 radical (unpaired) electrons. The van der Waals surface area contributed by atoms with Crippen molar-refractivity contribution in [1.29, 1.82) is 0 Å². The fourth-order valence-corrected chi connectivity index (χ4v) is 4.32. The van der Waals surface area contributed by atoms with E-state index in [1.165, 1.54) is 16.9 Å². The average Bonchev–Trinajstić information content (AvgIpc) is 3.34. The van der Waals surface area contributed by atoms with E-state index in [4.69, 9.17) is 0 Å². The van der Waals surface area contributed by atoms with Gasteiger partial charge < -0.3 is 9.88 Å². The third-order valence-corrected chi connectivity index (χ3v) is 6.47. The van der Waals surface area contributed by atoms with Gasteiger partial charge in [-0.25, -0.2) is 0 Å². The molecular weight excluding hydrogens is 432 g/mol. The van der Waals surface area contributed by atoms with Crippen molar-refractivity contribution >= 4 is 38.9 Å². The number of halogens is 1. The van der Waals surface area contributed by atoms with E-state index in [2.05, 4.69) is 57.8 Å². The molecule has 0 spiro atoms. The lowest BCUT2D eigenvalue weighted by Crippen LogP contribution is -2.13. The number of aryl methyl sites for hydroxylation is 2. The number of hydrogen-bond acceptors (Lipinski definition) is 2. The minimum atomic E-state index is -0.103. The van der Waals surface area contributed by atoms with Gasteiger partial charge in [0.25, 0.3) is 5.91 Å². The fourth-order valence-electron chi connectivity index (χ4n) is 3.10. The molecule has 0 aliphatic heterocycles. The third kappa shape index (κ3) is 3.68. The number of nitrogens with zero attached hydrogens (tertiary/aromatic N) is 1. The first-order valence-electron chi connectivity index (χ1n) is 8.92. The Morgan fingerprint density at radius 3 is 2.43 bits per heavy atom. The van der Waals surface area contributed by atoms with Crippen LogP contribution in [0, 0.1) is 13.8 Å². The normalized spacial score (nSPS) is 10.8. The number of carbonyl (C=O) groups is 1. The summed E-state index contributed by atoms with van der Waals surface area (Å²) in [5.41, 5.74) is 6.14. The molecule has 2 aromatic carbocycles. The topological polar surface area (TPSA) is 34.0 Å². The van der Waals surface area contributed by atoms with Gasteiger partial charge in [-0.3, -0.25) is 4.79 Å². The molecule has 0 unspecified atom stereocenters. The van der Waals surface area contributed by atoms with Crippen LogP contribution < -0.4 is 5.32 Å². The summed E-state index contributed by atoms with van der Waals surface area (Å²) >= 11 is 4.96. The second-order valence-electron chi connectivity index (χ2n) is 6.70. The van der Waals surface area contributed by atoms with E-state index in [-0.39, 0.29) is 5.91 Å². The molecule has 3 nitrogen and oxygen atoms in total. The van der Waals surface area contributed by atoms with Crippen LogP contribution in [-0.4, -0.2) is 10.5 Å². The summed E-state index contributed by atoms with van der Waals surface area (Å²) in [5.74, 6) is -0.103. The minimum absolute atomic E-state index is 0.103. The summed E-state index contributed by atoms with van der Waals surface area (Å²) in [6.07, 6.45) is 3.95. The van der Waals surface area contributed by atoms with Crippen LogP contribution in [-0.2, 0) is 0 Å². The van der Waals surface area contributed by atoms with Gasteiger partial charge in [0.05, 0.1) is 5.69 Å². The highest BCUT2D eigenvalue weighted by Gasteiger charge is 2.20. The van der Waals surface area contributed by atoms with Crippen molar-refractivity contribution in [2.24, 2.45) is 0 Å². The van der Waals surface area contributed by atoms with Gasteiger partial charge in [0.1, 0.15) is 4.88 Å². The van der Waals surface area contributed by atoms with E-state index < -0.39 is 0 Å². The van der Waals surface area contributed by atoms with Crippen LogP contribution in [0.2, 0.25) is 0 Å². The maximum atomic E-state index is 13.1. The lowest BCUT2D eigenvalue weighted by Gasteiger charge is -2.11. The predicted octanol–water partition coefficient (Wildman–Crippen LogP) is 6.84. The lowest BCUT2D eigenvalue weighted by molar-refractivity contribution is 0.103. The van der Waals surface area contributed by atoms with Crippen molar-refractivity contribution in [3.05, 3.63) is 92.8 Å². The molecule has 0 atom stereocenters. The number of rotatable bonds is 4. The van der Waals surface area contributed by atoms with Gasteiger partial charge in [-0.1, -0.05) is 45.8 Å². The third-order valence-electron chi connectivity index (χ3n) is 4.61. The second kappa shape index (κ2) is 7.78. The van der Waals surface area contributed by atoms with Crippen molar-refractivity contribution in [2.75, 3.05) is 5.32 Å². The van der Waals surface area contributed by atoms with Gasteiger partial charge in [0, 0.05) is 33.5 Å². The Kier molecular flexibility index (Phi) is 5.20. The molecule has 0 bridgehead atoms. The molecule has 4 aromatic rings. The standard InChI is InChI=1S/C23H19BrN2OS/c1-15-5-7-17(8-6-15)19-14-28-22(21(19)26-11-3-4-12-26)23(27)25-18-9-10-20(24)16(2)13-18/h3-14H,1-2H3,(H,25,27). The van der Waals surface area contributed by atoms with Crippen LogP contribution in [0.5, 0.6) is 0 Å². The highest BCUT2D eigenvalue weighted by molar-refractivity contribution is 9.10. The smallest absolute Gasteiger partial charge is 0.267 e. The number of nitrogens with one attached hydrogen (secondary N) is 1. The van der Waals surface area contributed by atoms with Crippen molar-refractivity contribution in [1.82, 2.24) is 4.57 Å². The first-order chi connectivity index (χ1) is 13.5. The van der Waals surface area contributed by atoms with E-state index in [0.717, 1.165) is 32.5 Å². The Morgan fingerprint density at radius 2 is 1.75 bits per heavy atom. The van der Waals surface area contributed by atoms with Crippen LogP contribution >= 0.6 is 27.3 Å². The summed E-state index contributed by atoms with van der Waals surface area (Å²) in [6.45, 7) is 4.08. The lowest BCUT2D eigenvalue weighted by atomic mass is 10.0. The Morgan fingerprint density at radius 1 is 1.04 bits per heavy atom. The largest absolute Gasteiger partial charge is 0.322 e. The summed E-state index contributed by atoms with van der Waals surface area (Å²) in [6, 6.07) is 18.1. The Labute approximate surface area is 176 Å². The van der Waals surface area contributed by atoms with E-state index in [1.54, 1.807) is 0 Å². The molecule has 2 aromatic heterocycles. The van der Waals surface area contributed by atoms with E-state index in [9.17, 15) is 4.79 Å². The number of thiophene rings is 1. The Balaban J connectivity index is 1.75. The molecule has 2 heterocycles. The molecule has 0 aliphatic rings. The van der Waals surface area contributed by atoms with Crippen molar-refractivity contribution in [2.45, 2.75) is 13.8 Å². The van der Waals surface area contributed by atoms with Crippen molar-refractivity contribution < 1.29 is 4.79 Å². The number of benzene rings is 2. The zero-order chi connectivity index (χ0) is 19.7. The SMILES string of the molecule is Cc1ccc(-c2csc(C(=O)Nc3ccc(Br)c(C)c3)c2-n2cccc2)cc1. The predicted molar refractivity (Wildman–Crippen MR) is 121 cm³/mol. The van der Waals surface area contributed by atoms with Crippen molar-refractivity contribution in [3.63, 3.8) is 0 Å². The monoisotopic (exact) mass is 450 g/mol. The number of amides is 1. The van der Waals surface area contributed by atoms with Gasteiger partial charge >= 0.3 is 0 Å². The van der Waals surface area contributed by atoms with Crippen LogP contribution in [0.4, 0.5) is 5.69 Å². The Hall–Kier alpha value is -2.63. The van der Waals surface area contributed by atoms with E-state index in [1.807, 2.05) is 54.2 Å². The molecule has 28 heavy (non-hydrogen) atoms. The maximum absolute atomic E-state index is 13.1. The molecule has 1 amide bonds. The van der Waals surface area contributed by atoms with Crippen LogP contribution in [0.25, 0.3) is 16.8 Å². The van der Waals surface area contributed by atoms with Crippen molar-refractivity contribution in [3.8, 4) is 16.8 Å². The second-order valence-corrected chi connectivity index (χ2v) is 8.44. The minimum Gasteiger partial charge on any atom is -0.322 e. The molecule has 0 saturated heterocycles. The van der Waals surface area contributed by atoms with E-state index in [0.29, 0.717) is 4.88 Å². The number of aromatic nitrogens is 1. The number of anilines is 1. The summed E-state index contributed by atoms with van der Waals surface area (Å²) < 4.78 is 3.03. The molecule has 140 valence electrons. The summed E-state index contributed by atoms with van der Waals surface area (Å²) in [4.78, 5) is 13.8. The summed E-state index contributed by atoms with van der Waals surface area (Å²) in [5, 5.41) is 5.10. The van der Waals surface area contributed by atoms with Crippen LogP contribution in [0.3, 0.4) is 0 Å². The van der Waals surface area contributed by atoms with Gasteiger partial charge in [-0.05, 0) is 55.3 Å². The van der Waals surface area contributed by atoms with Crippen LogP contribution in [0.1, 0.15) is 20.8 Å². The molecule has 0 saturated carbocycles. The van der Waals surface area contributed by atoms with E-state index >= 15 is 0 Å². The quantitative estimate of drug-likeness (QED) is 0.362. The fraction of sp³-hybridized carbons (Fsp3) is 0.0870. The highest BCUT2D eigenvalue weighted by atomic mass is 79.9. The highest BCUT2D eigenvalue weighted by Crippen LogP contribution is 2.35. The first-order valence-corrected chi connectivity index (χ1v) is 10.6. The molecule has 4 rings (SSSR count). The van der Waals surface area contributed by atoms with Gasteiger partial charge in [0.15, 0.2) is 0 Å². The molecule has 0 fully saturated rings. The average molecular weight is 451 g/mol. The maximum Gasteiger partial charge on any atom is 0.267 e. The molecule has 0 aliphatic carbocycles. The molecular formula is C23H19BrN2OS. The van der Waals surface area contributed by atoms with Gasteiger partial charge in [0.2, 0.25) is 0 Å². The Bertz CT molecular complexity index is 1130. The molecule has 5 heteroatoms. The van der Waals surface area contributed by atoms with Gasteiger partial charge in [-0.2, -0.15) is 0 Å². The van der Waals surface area contributed by atoms with Gasteiger partial charge in [-0.15, -0.1) is 11.3 Å². The number of hydrogen-bond donors (Lipinski definition) is 1.